The molecule has 0 radical (unpaired) electrons. The Morgan fingerprint density at radius 2 is 1.67 bits per heavy atom. The van der Waals surface area contributed by atoms with Crippen molar-refractivity contribution >= 4 is 11.8 Å². The zero-order valence-corrected chi connectivity index (χ0v) is 17.9. The van der Waals surface area contributed by atoms with Crippen LogP contribution in [-0.4, -0.2) is 27.8 Å². The van der Waals surface area contributed by atoms with E-state index < -0.39 is 17.9 Å². The quantitative estimate of drug-likeness (QED) is 0.210. The van der Waals surface area contributed by atoms with Crippen LogP contribution in [-0.2, 0) is 16.0 Å². The molecular weight excluding hydrogens is 376 g/mol. The number of Topliss-reactive ketones (excluding diaryl/α,β-unsaturated/α-hetero) is 1. The summed E-state index contributed by atoms with van der Waals surface area (Å²) in [6, 6.07) is 6.85. The van der Waals surface area contributed by atoms with Gasteiger partial charge in [-0.05, 0) is 49.3 Å². The zero-order chi connectivity index (χ0) is 21.8. The first kappa shape index (κ1) is 23.3. The number of aryl methyl sites for hydroxylation is 1. The van der Waals surface area contributed by atoms with E-state index in [0.717, 1.165) is 36.8 Å². The molecule has 0 amide bonds. The van der Waals surface area contributed by atoms with E-state index in [4.69, 9.17) is 11.2 Å². The second-order valence-corrected chi connectivity index (χ2v) is 7.35. The minimum Gasteiger partial charge on any atom is -0.450 e. The maximum Gasteiger partial charge on any atom is 0.338 e. The van der Waals surface area contributed by atoms with E-state index in [1.165, 1.54) is 19.3 Å². The fourth-order valence-electron chi connectivity index (χ4n) is 3.07. The second kappa shape index (κ2) is 12.5. The molecule has 5 heteroatoms. The largest absolute Gasteiger partial charge is 0.450 e. The third-order valence-corrected chi connectivity index (χ3v) is 4.91. The number of nitrogens with zero attached hydrogens (tertiary/aromatic N) is 2. The summed E-state index contributed by atoms with van der Waals surface area (Å²) in [6.45, 7) is 4.20. The predicted molar refractivity (Wildman–Crippen MR) is 118 cm³/mol. The van der Waals surface area contributed by atoms with E-state index in [1.807, 2.05) is 19.3 Å². The summed E-state index contributed by atoms with van der Waals surface area (Å²) in [4.78, 5) is 33.1. The topological polar surface area (TPSA) is 69.2 Å². The third-order valence-electron chi connectivity index (χ3n) is 4.91. The molecule has 2 rings (SSSR count). The molecule has 30 heavy (non-hydrogen) atoms. The Bertz CT molecular complexity index is 851. The van der Waals surface area contributed by atoms with Gasteiger partial charge in [0.15, 0.2) is 11.9 Å². The summed E-state index contributed by atoms with van der Waals surface area (Å²) in [5.41, 5.74) is 2.30. The smallest absolute Gasteiger partial charge is 0.338 e. The maximum absolute atomic E-state index is 12.4. The molecule has 0 N–H and O–H groups in total. The van der Waals surface area contributed by atoms with Crippen LogP contribution < -0.4 is 0 Å². The van der Waals surface area contributed by atoms with Crippen LogP contribution in [0, 0.1) is 12.3 Å². The van der Waals surface area contributed by atoms with Gasteiger partial charge in [0, 0.05) is 18.0 Å². The van der Waals surface area contributed by atoms with Crippen LogP contribution >= 0.6 is 0 Å². The lowest BCUT2D eigenvalue weighted by molar-refractivity contribution is -0.122. The summed E-state index contributed by atoms with van der Waals surface area (Å²) < 4.78 is 5.35. The zero-order valence-electron chi connectivity index (χ0n) is 17.9. The van der Waals surface area contributed by atoms with Gasteiger partial charge in [0.1, 0.15) is 0 Å². The van der Waals surface area contributed by atoms with E-state index in [1.54, 1.807) is 24.3 Å². The van der Waals surface area contributed by atoms with E-state index in [2.05, 4.69) is 22.8 Å². The van der Waals surface area contributed by atoms with Gasteiger partial charge in [-0.15, -0.1) is 6.42 Å². The number of hydrogen-bond acceptors (Lipinski definition) is 5. The molecule has 5 nitrogen and oxygen atoms in total. The Labute approximate surface area is 179 Å². The van der Waals surface area contributed by atoms with Crippen LogP contribution in [0.1, 0.15) is 74.7 Å². The van der Waals surface area contributed by atoms with Crippen LogP contribution in [0.3, 0.4) is 0 Å². The fraction of sp³-hybridized carbons (Fsp3) is 0.440. The van der Waals surface area contributed by atoms with Crippen molar-refractivity contribution in [2.75, 3.05) is 0 Å². The SMILES string of the molecule is C#CC(=O)C(CCCC)OC(=O)c1ccc(-c2ncc(CCCCCC)cn2)cc1. The minimum atomic E-state index is -0.893. The molecule has 1 aromatic heterocycles. The number of benzene rings is 1. The van der Waals surface area contributed by atoms with Gasteiger partial charge in [-0.2, -0.15) is 0 Å². The third kappa shape index (κ3) is 7.11. The number of carbonyl (C=O) groups excluding carboxylic acids is 2. The first-order chi connectivity index (χ1) is 14.6. The molecule has 1 heterocycles. The van der Waals surface area contributed by atoms with Crippen molar-refractivity contribution in [1.82, 2.24) is 9.97 Å². The van der Waals surface area contributed by atoms with E-state index in [-0.39, 0.29) is 0 Å². The Balaban J connectivity index is 1.99. The number of hydrogen-bond donors (Lipinski definition) is 0. The first-order valence-electron chi connectivity index (χ1n) is 10.7. The lowest BCUT2D eigenvalue weighted by Gasteiger charge is -2.14. The van der Waals surface area contributed by atoms with Gasteiger partial charge < -0.3 is 4.74 Å². The molecule has 158 valence electrons. The molecule has 1 aromatic carbocycles. The van der Waals surface area contributed by atoms with E-state index >= 15 is 0 Å². The number of ether oxygens (including phenoxy) is 1. The Kier molecular flexibility index (Phi) is 9.73. The van der Waals surface area contributed by atoms with Gasteiger partial charge in [0.2, 0.25) is 5.78 Å². The standard InChI is InChI=1S/C25H30N2O3/c1-4-7-9-10-11-19-17-26-24(27-18-19)20-13-15-21(16-14-20)25(29)30-23(12-8-5-2)22(28)6-3/h3,13-18,23H,4-5,7-12H2,1-2H3. The molecule has 0 aliphatic rings. The summed E-state index contributed by atoms with van der Waals surface area (Å²) in [6.07, 6.45) is 15.9. The molecule has 0 fully saturated rings. The molecule has 0 bridgehead atoms. The van der Waals surface area contributed by atoms with Gasteiger partial charge in [0.05, 0.1) is 5.56 Å². The second-order valence-electron chi connectivity index (χ2n) is 7.35. The number of ketones is 1. The van der Waals surface area contributed by atoms with Gasteiger partial charge in [-0.3, -0.25) is 4.79 Å². The van der Waals surface area contributed by atoms with Crippen molar-refractivity contribution in [1.29, 1.82) is 0 Å². The molecule has 2 aromatic rings. The van der Waals surface area contributed by atoms with Gasteiger partial charge in [-0.25, -0.2) is 14.8 Å². The molecule has 0 aliphatic heterocycles. The molecule has 0 saturated heterocycles. The van der Waals surface area contributed by atoms with Gasteiger partial charge in [-0.1, -0.05) is 51.7 Å². The van der Waals surface area contributed by atoms with E-state index in [9.17, 15) is 9.59 Å². The van der Waals surface area contributed by atoms with Crippen molar-refractivity contribution in [2.45, 2.75) is 71.3 Å². The molecule has 0 saturated carbocycles. The minimum absolute atomic E-state index is 0.359. The highest BCUT2D eigenvalue weighted by Crippen LogP contribution is 2.18. The number of aromatic nitrogens is 2. The lowest BCUT2D eigenvalue weighted by Crippen LogP contribution is -2.26. The lowest BCUT2D eigenvalue weighted by atomic mass is 10.1. The molecule has 1 atom stereocenters. The number of esters is 1. The molecule has 0 aliphatic carbocycles. The van der Waals surface area contributed by atoms with Crippen molar-refractivity contribution in [2.24, 2.45) is 0 Å². The summed E-state index contributed by atoms with van der Waals surface area (Å²) >= 11 is 0. The van der Waals surface area contributed by atoms with Crippen molar-refractivity contribution in [3.05, 3.63) is 47.8 Å². The first-order valence-corrected chi connectivity index (χ1v) is 10.7. The number of carbonyl (C=O) groups is 2. The highest BCUT2D eigenvalue weighted by molar-refractivity contribution is 6.00. The molecule has 1 unspecified atom stereocenters. The summed E-state index contributed by atoms with van der Waals surface area (Å²) in [7, 11) is 0. The number of rotatable bonds is 12. The monoisotopic (exact) mass is 406 g/mol. The van der Waals surface area contributed by atoms with Crippen molar-refractivity contribution in [3.63, 3.8) is 0 Å². The highest BCUT2D eigenvalue weighted by atomic mass is 16.5. The van der Waals surface area contributed by atoms with Crippen LogP contribution in [0.2, 0.25) is 0 Å². The number of terminal acetylenes is 1. The van der Waals surface area contributed by atoms with Crippen molar-refractivity contribution in [3.8, 4) is 23.7 Å². The maximum atomic E-state index is 12.4. The van der Waals surface area contributed by atoms with Gasteiger partial charge >= 0.3 is 5.97 Å². The van der Waals surface area contributed by atoms with Crippen molar-refractivity contribution < 1.29 is 14.3 Å². The predicted octanol–water partition coefficient (Wildman–Crippen LogP) is 5.18. The normalized spacial score (nSPS) is 11.5. The van der Waals surface area contributed by atoms with Crippen LogP contribution in [0.15, 0.2) is 36.7 Å². The van der Waals surface area contributed by atoms with Crippen LogP contribution in [0.5, 0.6) is 0 Å². The Morgan fingerprint density at radius 1 is 1.00 bits per heavy atom. The van der Waals surface area contributed by atoms with Crippen LogP contribution in [0.25, 0.3) is 11.4 Å². The Hall–Kier alpha value is -3.00. The highest BCUT2D eigenvalue weighted by Gasteiger charge is 2.21. The fourth-order valence-corrected chi connectivity index (χ4v) is 3.07. The summed E-state index contributed by atoms with van der Waals surface area (Å²) in [5, 5.41) is 0. The number of unbranched alkanes of at least 4 members (excludes halogenated alkanes) is 4. The Morgan fingerprint density at radius 3 is 2.27 bits per heavy atom. The molecular formula is C25H30N2O3. The van der Waals surface area contributed by atoms with Gasteiger partial charge in [0.25, 0.3) is 0 Å². The average molecular weight is 407 g/mol. The average Bonchev–Trinajstić information content (AvgIpc) is 2.79. The summed E-state index contributed by atoms with van der Waals surface area (Å²) in [5.74, 6) is 1.60. The molecule has 0 spiro atoms. The van der Waals surface area contributed by atoms with E-state index in [0.29, 0.717) is 17.8 Å². The van der Waals surface area contributed by atoms with Crippen LogP contribution in [0.4, 0.5) is 0 Å².